The second-order valence-corrected chi connectivity index (χ2v) is 5.89. The molecule has 0 bridgehead atoms. The van der Waals surface area contributed by atoms with Crippen molar-refractivity contribution in [3.63, 3.8) is 0 Å². The van der Waals surface area contributed by atoms with E-state index in [0.717, 1.165) is 62.8 Å². The van der Waals surface area contributed by atoms with Crippen LogP contribution in [0.15, 0.2) is 34.9 Å². The smallest absolute Gasteiger partial charge is 0.191 e. The molecule has 0 amide bonds. The third-order valence-corrected chi connectivity index (χ3v) is 4.03. The number of nitrogens with zero attached hydrogens (tertiary/aromatic N) is 3. The molecule has 2 aromatic rings. The summed E-state index contributed by atoms with van der Waals surface area (Å²) in [4.78, 5) is 9.17. The highest BCUT2D eigenvalue weighted by atomic mass is 19.1. The van der Waals surface area contributed by atoms with Crippen LogP contribution in [-0.4, -0.2) is 41.0 Å². The minimum Gasteiger partial charge on any atom is -0.449 e. The van der Waals surface area contributed by atoms with Gasteiger partial charge in [0.15, 0.2) is 5.89 Å². The van der Waals surface area contributed by atoms with Gasteiger partial charge in [-0.05, 0) is 37.2 Å². The first kappa shape index (κ1) is 15.2. The summed E-state index contributed by atoms with van der Waals surface area (Å²) in [6.07, 6.45) is 2.86. The lowest BCUT2D eigenvalue weighted by Crippen LogP contribution is -2.30. The van der Waals surface area contributed by atoms with E-state index in [9.17, 15) is 4.39 Å². The van der Waals surface area contributed by atoms with Gasteiger partial charge in [0.25, 0.3) is 0 Å². The predicted molar refractivity (Wildman–Crippen MR) is 82.8 cm³/mol. The van der Waals surface area contributed by atoms with Crippen molar-refractivity contribution in [1.29, 1.82) is 0 Å². The number of benzene rings is 1. The molecular weight excluding hydrogens is 281 g/mol. The van der Waals surface area contributed by atoms with Gasteiger partial charge in [0.1, 0.15) is 12.1 Å². The van der Waals surface area contributed by atoms with Gasteiger partial charge in [-0.15, -0.1) is 0 Å². The second kappa shape index (κ2) is 7.03. The Kier molecular flexibility index (Phi) is 4.85. The molecule has 0 spiro atoms. The van der Waals surface area contributed by atoms with Crippen LogP contribution in [0.3, 0.4) is 0 Å². The summed E-state index contributed by atoms with van der Waals surface area (Å²) < 4.78 is 18.5. The second-order valence-electron chi connectivity index (χ2n) is 5.89. The lowest BCUT2D eigenvalue weighted by atomic mass is 10.2. The Labute approximate surface area is 130 Å². The maximum absolute atomic E-state index is 13.3. The monoisotopic (exact) mass is 303 g/mol. The first-order valence-corrected chi connectivity index (χ1v) is 7.79. The van der Waals surface area contributed by atoms with Gasteiger partial charge in [0.2, 0.25) is 0 Å². The fourth-order valence-corrected chi connectivity index (χ4v) is 2.94. The number of halogens is 1. The van der Waals surface area contributed by atoms with Crippen molar-refractivity contribution >= 4 is 0 Å². The zero-order valence-corrected chi connectivity index (χ0v) is 13.0. The van der Waals surface area contributed by atoms with Crippen LogP contribution < -0.4 is 0 Å². The van der Waals surface area contributed by atoms with Crippen LogP contribution >= 0.6 is 0 Å². The topological polar surface area (TPSA) is 32.5 Å². The molecule has 1 aliphatic heterocycles. The third-order valence-electron chi connectivity index (χ3n) is 4.03. The Balaban J connectivity index is 1.53. The summed E-state index contributed by atoms with van der Waals surface area (Å²) in [5, 5.41) is 0. The van der Waals surface area contributed by atoms with E-state index in [0.29, 0.717) is 0 Å². The predicted octanol–water partition coefficient (Wildman–Crippen LogP) is 2.83. The molecule has 4 nitrogen and oxygen atoms in total. The van der Waals surface area contributed by atoms with Crippen LogP contribution in [-0.2, 0) is 13.1 Å². The van der Waals surface area contributed by atoms with E-state index in [1.165, 1.54) is 6.07 Å². The van der Waals surface area contributed by atoms with Gasteiger partial charge in [-0.25, -0.2) is 9.37 Å². The highest BCUT2D eigenvalue weighted by Crippen LogP contribution is 2.12. The average Bonchev–Trinajstić information content (AvgIpc) is 2.76. The minimum atomic E-state index is -0.157. The molecule has 0 aliphatic carbocycles. The van der Waals surface area contributed by atoms with Crippen LogP contribution in [0, 0.1) is 12.7 Å². The summed E-state index contributed by atoms with van der Waals surface area (Å²) in [6, 6.07) is 6.89. The van der Waals surface area contributed by atoms with Crippen molar-refractivity contribution in [2.45, 2.75) is 26.4 Å². The molecule has 118 valence electrons. The maximum Gasteiger partial charge on any atom is 0.191 e. The average molecular weight is 303 g/mol. The fourth-order valence-electron chi connectivity index (χ4n) is 2.94. The van der Waals surface area contributed by atoms with E-state index in [2.05, 4.69) is 14.8 Å². The first-order valence-electron chi connectivity index (χ1n) is 7.79. The van der Waals surface area contributed by atoms with E-state index in [1.807, 2.05) is 13.0 Å². The number of aryl methyl sites for hydroxylation is 1. The van der Waals surface area contributed by atoms with Crippen LogP contribution in [0.1, 0.15) is 23.6 Å². The molecule has 5 heteroatoms. The normalized spacial score (nSPS) is 17.5. The van der Waals surface area contributed by atoms with E-state index >= 15 is 0 Å². The van der Waals surface area contributed by atoms with Gasteiger partial charge in [-0.2, -0.15) is 0 Å². The zero-order valence-electron chi connectivity index (χ0n) is 13.0. The quantitative estimate of drug-likeness (QED) is 0.869. The molecule has 2 heterocycles. The van der Waals surface area contributed by atoms with E-state index < -0.39 is 0 Å². The molecule has 1 aromatic carbocycles. The molecule has 1 fully saturated rings. The van der Waals surface area contributed by atoms with Crippen molar-refractivity contribution in [3.8, 4) is 0 Å². The summed E-state index contributed by atoms with van der Waals surface area (Å²) in [5.74, 6) is 0.563. The highest BCUT2D eigenvalue weighted by Gasteiger charge is 2.16. The Morgan fingerprint density at radius 1 is 1.14 bits per heavy atom. The molecule has 0 radical (unpaired) electrons. The van der Waals surface area contributed by atoms with Crippen LogP contribution in [0.4, 0.5) is 4.39 Å². The molecule has 0 saturated carbocycles. The van der Waals surface area contributed by atoms with Gasteiger partial charge < -0.3 is 4.42 Å². The molecule has 3 rings (SSSR count). The fraction of sp³-hybridized carbons (Fsp3) is 0.471. The van der Waals surface area contributed by atoms with E-state index in [1.54, 1.807) is 18.4 Å². The first-order chi connectivity index (χ1) is 10.7. The highest BCUT2D eigenvalue weighted by molar-refractivity contribution is 5.16. The van der Waals surface area contributed by atoms with Gasteiger partial charge in [-0.3, -0.25) is 9.80 Å². The van der Waals surface area contributed by atoms with Crippen LogP contribution in [0.2, 0.25) is 0 Å². The number of hydrogen-bond donors (Lipinski definition) is 0. The molecule has 1 saturated heterocycles. The molecule has 0 N–H and O–H groups in total. The number of rotatable bonds is 4. The number of hydrogen-bond acceptors (Lipinski definition) is 4. The van der Waals surface area contributed by atoms with Gasteiger partial charge in [0, 0.05) is 33.1 Å². The number of oxazole rings is 1. The van der Waals surface area contributed by atoms with Crippen molar-refractivity contribution in [2.75, 3.05) is 26.2 Å². The maximum atomic E-state index is 13.3. The van der Waals surface area contributed by atoms with Gasteiger partial charge in [0.05, 0.1) is 5.69 Å². The molecular formula is C17H22FN3O. The molecule has 0 atom stereocenters. The van der Waals surface area contributed by atoms with Crippen molar-refractivity contribution in [2.24, 2.45) is 0 Å². The molecule has 0 unspecified atom stereocenters. The summed E-state index contributed by atoms with van der Waals surface area (Å²) in [6.45, 7) is 7.62. The summed E-state index contributed by atoms with van der Waals surface area (Å²) in [7, 11) is 0. The van der Waals surface area contributed by atoms with Crippen molar-refractivity contribution in [1.82, 2.24) is 14.8 Å². The van der Waals surface area contributed by atoms with Crippen LogP contribution in [0.5, 0.6) is 0 Å². The summed E-state index contributed by atoms with van der Waals surface area (Å²) in [5.41, 5.74) is 2.04. The van der Waals surface area contributed by atoms with Crippen molar-refractivity contribution < 1.29 is 8.81 Å². The lowest BCUT2D eigenvalue weighted by molar-refractivity contribution is 0.245. The number of aromatic nitrogens is 1. The third kappa shape index (κ3) is 4.15. The minimum absolute atomic E-state index is 0.157. The SMILES string of the molecule is Cc1nc(CN2CCCN(Cc3cccc(F)c3)CC2)co1. The summed E-state index contributed by atoms with van der Waals surface area (Å²) >= 11 is 0. The van der Waals surface area contributed by atoms with E-state index in [4.69, 9.17) is 4.42 Å². The molecule has 22 heavy (non-hydrogen) atoms. The molecule has 1 aromatic heterocycles. The zero-order chi connectivity index (χ0) is 15.4. The van der Waals surface area contributed by atoms with Crippen LogP contribution in [0.25, 0.3) is 0 Å². The van der Waals surface area contributed by atoms with Gasteiger partial charge in [-0.1, -0.05) is 12.1 Å². The van der Waals surface area contributed by atoms with Gasteiger partial charge >= 0.3 is 0 Å². The Hall–Kier alpha value is -1.72. The Bertz CT molecular complexity index is 613. The Morgan fingerprint density at radius 2 is 1.91 bits per heavy atom. The lowest BCUT2D eigenvalue weighted by Gasteiger charge is -2.21. The largest absolute Gasteiger partial charge is 0.449 e. The molecule has 1 aliphatic rings. The standard InChI is InChI=1S/C17H22FN3O/c1-14-19-17(13-22-14)12-21-7-3-6-20(8-9-21)11-15-4-2-5-16(18)10-15/h2,4-5,10,13H,3,6-9,11-12H2,1H3. The Morgan fingerprint density at radius 3 is 2.59 bits per heavy atom. The van der Waals surface area contributed by atoms with Crippen molar-refractivity contribution in [3.05, 3.63) is 53.5 Å². The van der Waals surface area contributed by atoms with E-state index in [-0.39, 0.29) is 5.82 Å².